The van der Waals surface area contributed by atoms with Crippen LogP contribution in [0.2, 0.25) is 0 Å². The van der Waals surface area contributed by atoms with Crippen LogP contribution in [0.15, 0.2) is 18.2 Å². The van der Waals surface area contributed by atoms with Crippen molar-refractivity contribution in [3.8, 4) is 0 Å². The second-order valence-electron chi connectivity index (χ2n) is 6.10. The predicted molar refractivity (Wildman–Crippen MR) is 85.0 cm³/mol. The molecular weight excluding hydrogens is 280 g/mol. The average molecular weight is 304 g/mol. The highest BCUT2D eigenvalue weighted by atomic mass is 16.4. The first kappa shape index (κ1) is 16.3. The highest BCUT2D eigenvalue weighted by Gasteiger charge is 2.22. The lowest BCUT2D eigenvalue weighted by atomic mass is 9.85. The van der Waals surface area contributed by atoms with Gasteiger partial charge in [0, 0.05) is 6.54 Å². The zero-order chi connectivity index (χ0) is 16.1. The quantitative estimate of drug-likeness (QED) is 0.782. The van der Waals surface area contributed by atoms with E-state index in [2.05, 4.69) is 42.7 Å². The van der Waals surface area contributed by atoms with Gasteiger partial charge in [0.1, 0.15) is 0 Å². The minimum absolute atomic E-state index is 0.00674. The highest BCUT2D eigenvalue weighted by Crippen LogP contribution is 2.32. The van der Waals surface area contributed by atoms with Crippen LogP contribution in [0.4, 0.5) is 4.79 Å². The lowest BCUT2D eigenvalue weighted by molar-refractivity contribution is -0.136. The van der Waals surface area contributed by atoms with Gasteiger partial charge in [-0.2, -0.15) is 0 Å². The van der Waals surface area contributed by atoms with Crippen molar-refractivity contribution in [1.82, 2.24) is 10.6 Å². The molecule has 1 atom stereocenters. The van der Waals surface area contributed by atoms with Gasteiger partial charge in [0.25, 0.3) is 0 Å². The SMILES string of the molecule is CC(C)c1ccc2c(c1)[C@H](NC(=O)NCCC(=O)O)CCC2. The van der Waals surface area contributed by atoms with E-state index in [9.17, 15) is 9.59 Å². The standard InChI is InChI=1S/C17H24N2O3/c1-11(2)13-7-6-12-4-3-5-15(14(12)10-13)19-17(22)18-9-8-16(20)21/h6-7,10-11,15H,3-5,8-9H2,1-2H3,(H,20,21)(H2,18,19,22)/t15-/m1/s1. The van der Waals surface area contributed by atoms with Crippen molar-refractivity contribution < 1.29 is 14.7 Å². The average Bonchev–Trinajstić information content (AvgIpc) is 2.46. The minimum atomic E-state index is -0.912. The van der Waals surface area contributed by atoms with E-state index in [1.54, 1.807) is 0 Å². The molecule has 0 radical (unpaired) electrons. The number of hydrogen-bond acceptors (Lipinski definition) is 2. The predicted octanol–water partition coefficient (Wildman–Crippen LogP) is 2.96. The van der Waals surface area contributed by atoms with Crippen molar-refractivity contribution >= 4 is 12.0 Å². The maximum Gasteiger partial charge on any atom is 0.315 e. The zero-order valence-electron chi connectivity index (χ0n) is 13.2. The summed E-state index contributed by atoms with van der Waals surface area (Å²) in [5.41, 5.74) is 3.77. The molecule has 0 bridgehead atoms. The number of aryl methyl sites for hydroxylation is 1. The second kappa shape index (κ2) is 7.29. The summed E-state index contributed by atoms with van der Waals surface area (Å²) in [6, 6.07) is 6.24. The van der Waals surface area contributed by atoms with E-state index in [0.29, 0.717) is 5.92 Å². The summed E-state index contributed by atoms with van der Waals surface area (Å²) >= 11 is 0. The van der Waals surface area contributed by atoms with Crippen molar-refractivity contribution in [2.24, 2.45) is 0 Å². The summed E-state index contributed by atoms with van der Waals surface area (Å²) < 4.78 is 0. The molecule has 0 fully saturated rings. The Kier molecular flexibility index (Phi) is 5.41. The molecule has 1 aliphatic carbocycles. The Morgan fingerprint density at radius 2 is 2.14 bits per heavy atom. The zero-order valence-corrected chi connectivity index (χ0v) is 13.2. The fourth-order valence-corrected chi connectivity index (χ4v) is 2.82. The van der Waals surface area contributed by atoms with Crippen molar-refractivity contribution in [3.63, 3.8) is 0 Å². The fourth-order valence-electron chi connectivity index (χ4n) is 2.82. The monoisotopic (exact) mass is 304 g/mol. The molecule has 0 aliphatic heterocycles. The molecule has 120 valence electrons. The molecule has 0 heterocycles. The van der Waals surface area contributed by atoms with Crippen LogP contribution in [0.25, 0.3) is 0 Å². The van der Waals surface area contributed by atoms with Crippen LogP contribution in [-0.4, -0.2) is 23.7 Å². The summed E-state index contributed by atoms with van der Waals surface area (Å²) in [5, 5.41) is 14.2. The summed E-state index contributed by atoms with van der Waals surface area (Å²) in [7, 11) is 0. The van der Waals surface area contributed by atoms with Gasteiger partial charge >= 0.3 is 12.0 Å². The number of carboxylic acids is 1. The van der Waals surface area contributed by atoms with Gasteiger partial charge in [-0.3, -0.25) is 4.79 Å². The molecule has 0 saturated carbocycles. The number of fused-ring (bicyclic) bond motifs is 1. The third-order valence-electron chi connectivity index (χ3n) is 4.08. The molecule has 1 aromatic carbocycles. The van der Waals surface area contributed by atoms with E-state index in [1.165, 1.54) is 16.7 Å². The molecule has 22 heavy (non-hydrogen) atoms. The summed E-state index contributed by atoms with van der Waals surface area (Å²) in [5.74, 6) is -0.456. The molecular formula is C17H24N2O3. The Labute approximate surface area is 131 Å². The van der Waals surface area contributed by atoms with Gasteiger partial charge in [0.15, 0.2) is 0 Å². The third-order valence-corrected chi connectivity index (χ3v) is 4.08. The van der Waals surface area contributed by atoms with Crippen molar-refractivity contribution in [2.75, 3.05) is 6.54 Å². The fraction of sp³-hybridized carbons (Fsp3) is 0.529. The molecule has 5 heteroatoms. The minimum Gasteiger partial charge on any atom is -0.481 e. The molecule has 1 aromatic rings. The largest absolute Gasteiger partial charge is 0.481 e. The Morgan fingerprint density at radius 3 is 2.82 bits per heavy atom. The molecule has 0 saturated heterocycles. The van der Waals surface area contributed by atoms with Crippen LogP contribution < -0.4 is 10.6 Å². The van der Waals surface area contributed by atoms with Crippen LogP contribution in [-0.2, 0) is 11.2 Å². The van der Waals surface area contributed by atoms with Gasteiger partial charge in [-0.25, -0.2) is 4.79 Å². The summed E-state index contributed by atoms with van der Waals surface area (Å²) in [6.45, 7) is 4.46. The molecule has 2 rings (SSSR count). The molecule has 1 aliphatic rings. The maximum absolute atomic E-state index is 11.9. The summed E-state index contributed by atoms with van der Waals surface area (Å²) in [6.07, 6.45) is 2.95. The maximum atomic E-state index is 11.9. The van der Waals surface area contributed by atoms with E-state index < -0.39 is 5.97 Å². The Bertz CT molecular complexity index is 555. The number of carboxylic acid groups (broad SMARTS) is 1. The number of urea groups is 1. The first-order valence-electron chi connectivity index (χ1n) is 7.86. The lowest BCUT2D eigenvalue weighted by Gasteiger charge is -2.27. The Morgan fingerprint density at radius 1 is 1.36 bits per heavy atom. The van der Waals surface area contributed by atoms with E-state index in [1.807, 2.05) is 0 Å². The molecule has 0 spiro atoms. The Balaban J connectivity index is 2.03. The van der Waals surface area contributed by atoms with Crippen LogP contribution in [0.3, 0.4) is 0 Å². The number of amides is 2. The number of rotatable bonds is 5. The van der Waals surface area contributed by atoms with Crippen LogP contribution in [0.5, 0.6) is 0 Å². The molecule has 2 amide bonds. The normalized spacial score (nSPS) is 17.0. The third kappa shape index (κ3) is 4.23. The second-order valence-corrected chi connectivity index (χ2v) is 6.10. The van der Waals surface area contributed by atoms with E-state index in [-0.39, 0.29) is 25.0 Å². The van der Waals surface area contributed by atoms with Crippen molar-refractivity contribution in [2.45, 2.75) is 51.5 Å². The lowest BCUT2D eigenvalue weighted by Crippen LogP contribution is -2.39. The number of nitrogens with one attached hydrogen (secondary N) is 2. The van der Waals surface area contributed by atoms with Gasteiger partial charge < -0.3 is 15.7 Å². The summed E-state index contributed by atoms with van der Waals surface area (Å²) in [4.78, 5) is 22.4. The van der Waals surface area contributed by atoms with E-state index in [4.69, 9.17) is 5.11 Å². The van der Waals surface area contributed by atoms with Gasteiger partial charge in [0.2, 0.25) is 0 Å². The van der Waals surface area contributed by atoms with Crippen LogP contribution >= 0.6 is 0 Å². The number of hydrogen-bond donors (Lipinski definition) is 3. The van der Waals surface area contributed by atoms with Gasteiger partial charge in [-0.05, 0) is 41.9 Å². The molecule has 5 nitrogen and oxygen atoms in total. The number of carbonyl (C=O) groups is 2. The first-order chi connectivity index (χ1) is 10.5. The van der Waals surface area contributed by atoms with E-state index >= 15 is 0 Å². The molecule has 3 N–H and O–H groups in total. The van der Waals surface area contributed by atoms with Gasteiger partial charge in [-0.1, -0.05) is 32.0 Å². The van der Waals surface area contributed by atoms with Crippen LogP contribution in [0.1, 0.15) is 61.8 Å². The van der Waals surface area contributed by atoms with E-state index in [0.717, 1.165) is 19.3 Å². The number of aliphatic carboxylic acids is 1. The number of carbonyl (C=O) groups excluding carboxylic acids is 1. The number of benzene rings is 1. The van der Waals surface area contributed by atoms with Crippen molar-refractivity contribution in [3.05, 3.63) is 34.9 Å². The van der Waals surface area contributed by atoms with Crippen LogP contribution in [0, 0.1) is 0 Å². The molecule has 0 aromatic heterocycles. The first-order valence-corrected chi connectivity index (χ1v) is 7.86. The molecule has 0 unspecified atom stereocenters. The Hall–Kier alpha value is -2.04. The highest BCUT2D eigenvalue weighted by molar-refractivity contribution is 5.75. The van der Waals surface area contributed by atoms with Gasteiger partial charge in [-0.15, -0.1) is 0 Å². The topological polar surface area (TPSA) is 78.4 Å². The van der Waals surface area contributed by atoms with Gasteiger partial charge in [0.05, 0.1) is 12.5 Å². The smallest absolute Gasteiger partial charge is 0.315 e. The van der Waals surface area contributed by atoms with Crippen molar-refractivity contribution in [1.29, 1.82) is 0 Å².